The first kappa shape index (κ1) is 41.8. The number of aryl methyl sites for hydroxylation is 2. The standard InChI is InChI=1S/C25H26ClF2N7O2.2C2HF3O2/c1-5-37-21-14(8-9-35-24-19(20(33-35)22(27)28)23(29)31-12-32-24)10-16(26)13(2)18(21)15-6-7-17(30-11-15)25(36)34(3)4;2*3-2(4,5)1(6)7/h6-7,10-12,22H,5,8-9H2,1-4H3,(H2,29,31,32);2*(H,6,7). The summed E-state index contributed by atoms with van der Waals surface area (Å²) in [7, 11) is 3.32. The number of carboxylic acids is 2. The van der Waals surface area contributed by atoms with Crippen LogP contribution in [0.2, 0.25) is 5.02 Å². The SMILES string of the molecule is CCOc1c(CCn2nc(C(F)F)c3c(N)ncnc32)cc(Cl)c(C)c1-c1ccc(C(=O)N(C)C)nc1.O=C(O)C(F)(F)F.O=C(O)C(F)(F)F. The summed E-state index contributed by atoms with van der Waals surface area (Å²) in [5, 5.41) is 18.9. The van der Waals surface area contributed by atoms with Gasteiger partial charge in [-0.3, -0.25) is 9.78 Å². The summed E-state index contributed by atoms with van der Waals surface area (Å²) >= 11 is 6.61. The number of carbonyl (C=O) groups excluding carboxylic acids is 1. The Morgan fingerprint density at radius 2 is 1.59 bits per heavy atom. The first-order chi connectivity index (χ1) is 23.5. The molecule has 3 heterocycles. The van der Waals surface area contributed by atoms with Gasteiger partial charge in [0.1, 0.15) is 29.3 Å². The van der Waals surface area contributed by atoms with E-state index in [2.05, 4.69) is 20.1 Å². The third-order valence-electron chi connectivity index (χ3n) is 6.39. The lowest BCUT2D eigenvalue weighted by Crippen LogP contribution is -2.22. The maximum Gasteiger partial charge on any atom is 0.490 e. The zero-order chi connectivity index (χ0) is 39.0. The van der Waals surface area contributed by atoms with Crippen LogP contribution >= 0.6 is 11.6 Å². The minimum absolute atomic E-state index is 0.0450. The van der Waals surface area contributed by atoms with Crippen LogP contribution in [0.25, 0.3) is 22.2 Å². The number of hydrogen-bond acceptors (Lipinski definition) is 9. The van der Waals surface area contributed by atoms with Crippen molar-refractivity contribution in [2.24, 2.45) is 0 Å². The fourth-order valence-electron chi connectivity index (χ4n) is 4.11. The minimum Gasteiger partial charge on any atom is -0.493 e. The number of carboxylic acid groups (broad SMARTS) is 2. The van der Waals surface area contributed by atoms with Gasteiger partial charge in [0.05, 0.1) is 12.0 Å². The Balaban J connectivity index is 0.000000543. The van der Waals surface area contributed by atoms with E-state index < -0.39 is 36.4 Å². The molecule has 3 aromatic heterocycles. The highest BCUT2D eigenvalue weighted by Gasteiger charge is 2.39. The largest absolute Gasteiger partial charge is 0.493 e. The quantitative estimate of drug-likeness (QED) is 0.180. The number of carbonyl (C=O) groups is 3. The second-order valence-corrected chi connectivity index (χ2v) is 10.5. The molecule has 0 bridgehead atoms. The van der Waals surface area contributed by atoms with Crippen LogP contribution in [0.5, 0.6) is 5.75 Å². The number of nitrogen functional groups attached to an aromatic ring is 1. The van der Waals surface area contributed by atoms with Crippen LogP contribution in [-0.4, -0.2) is 90.7 Å². The van der Waals surface area contributed by atoms with Crippen LogP contribution < -0.4 is 10.5 Å². The van der Waals surface area contributed by atoms with E-state index in [4.69, 9.17) is 41.9 Å². The first-order valence-electron chi connectivity index (χ1n) is 14.0. The Kier molecular flexibility index (Phi) is 14.0. The number of alkyl halides is 8. The number of ether oxygens (including phenoxy) is 1. The number of amides is 1. The second kappa shape index (κ2) is 17.1. The molecule has 0 fully saturated rings. The molecular formula is C29H28ClF8N7O6. The van der Waals surface area contributed by atoms with Crippen LogP contribution in [0, 0.1) is 6.92 Å². The lowest BCUT2D eigenvalue weighted by molar-refractivity contribution is -0.193. The maximum absolute atomic E-state index is 13.6. The summed E-state index contributed by atoms with van der Waals surface area (Å²) in [6.07, 6.45) is -9.81. The molecule has 0 aliphatic rings. The third kappa shape index (κ3) is 10.8. The number of rotatable bonds is 8. The average Bonchev–Trinajstić information content (AvgIpc) is 3.42. The summed E-state index contributed by atoms with van der Waals surface area (Å²) in [5.41, 5.74) is 8.93. The van der Waals surface area contributed by atoms with Gasteiger partial charge in [0.2, 0.25) is 0 Å². The molecule has 4 aromatic rings. The van der Waals surface area contributed by atoms with Crippen molar-refractivity contribution in [3.8, 4) is 16.9 Å². The van der Waals surface area contributed by atoms with Crippen molar-refractivity contribution in [3.63, 3.8) is 0 Å². The predicted molar refractivity (Wildman–Crippen MR) is 164 cm³/mol. The monoisotopic (exact) mass is 757 g/mol. The summed E-state index contributed by atoms with van der Waals surface area (Å²) in [6.45, 7) is 4.34. The van der Waals surface area contributed by atoms with E-state index in [0.717, 1.165) is 22.3 Å². The van der Waals surface area contributed by atoms with Crippen LogP contribution in [0.15, 0.2) is 30.7 Å². The lowest BCUT2D eigenvalue weighted by Gasteiger charge is -2.19. The van der Waals surface area contributed by atoms with Gasteiger partial charge in [-0.2, -0.15) is 31.4 Å². The van der Waals surface area contributed by atoms with Gasteiger partial charge in [-0.15, -0.1) is 0 Å². The number of hydrogen-bond donors (Lipinski definition) is 3. The predicted octanol–water partition coefficient (Wildman–Crippen LogP) is 5.98. The maximum atomic E-state index is 13.6. The van der Waals surface area contributed by atoms with Crippen molar-refractivity contribution < 1.29 is 64.5 Å². The molecule has 1 amide bonds. The smallest absolute Gasteiger partial charge is 0.490 e. The number of nitrogens with zero attached hydrogens (tertiary/aromatic N) is 6. The highest BCUT2D eigenvalue weighted by atomic mass is 35.5. The van der Waals surface area contributed by atoms with Crippen molar-refractivity contribution in [2.75, 3.05) is 26.4 Å². The van der Waals surface area contributed by atoms with Crippen molar-refractivity contribution in [1.29, 1.82) is 0 Å². The Labute approximate surface area is 287 Å². The van der Waals surface area contributed by atoms with E-state index in [1.807, 2.05) is 13.8 Å². The summed E-state index contributed by atoms with van der Waals surface area (Å²) < 4.78 is 98.2. The van der Waals surface area contributed by atoms with Crippen LogP contribution in [0.1, 0.15) is 40.7 Å². The average molecular weight is 758 g/mol. The fraction of sp³-hybridized carbons (Fsp3) is 0.345. The number of anilines is 1. The Hall–Kier alpha value is -5.34. The van der Waals surface area contributed by atoms with Crippen LogP contribution in [0.4, 0.5) is 40.9 Å². The number of pyridine rings is 1. The van der Waals surface area contributed by atoms with Crippen molar-refractivity contribution in [3.05, 3.63) is 58.3 Å². The number of aliphatic carboxylic acids is 2. The highest BCUT2D eigenvalue weighted by molar-refractivity contribution is 6.32. The third-order valence-corrected chi connectivity index (χ3v) is 6.78. The molecule has 0 radical (unpaired) electrons. The Bertz CT molecular complexity index is 1840. The molecule has 0 unspecified atom stereocenters. The molecule has 13 nitrogen and oxygen atoms in total. The van der Waals surface area contributed by atoms with Crippen LogP contribution in [0.3, 0.4) is 0 Å². The van der Waals surface area contributed by atoms with Gasteiger partial charge in [0.15, 0.2) is 5.65 Å². The van der Waals surface area contributed by atoms with E-state index in [9.17, 15) is 39.9 Å². The molecule has 0 aliphatic carbocycles. The van der Waals surface area contributed by atoms with Gasteiger partial charge in [0, 0.05) is 43.0 Å². The Morgan fingerprint density at radius 3 is 2.04 bits per heavy atom. The van der Waals surface area contributed by atoms with Crippen molar-refractivity contribution >= 4 is 46.3 Å². The fourth-order valence-corrected chi connectivity index (χ4v) is 4.34. The lowest BCUT2D eigenvalue weighted by atomic mass is 9.95. The molecule has 278 valence electrons. The van der Waals surface area contributed by atoms with E-state index >= 15 is 0 Å². The number of fused-ring (bicyclic) bond motifs is 1. The first-order valence-corrected chi connectivity index (χ1v) is 14.4. The molecule has 4 rings (SSSR count). The molecule has 0 saturated carbocycles. The van der Waals surface area contributed by atoms with Gasteiger partial charge < -0.3 is 25.6 Å². The summed E-state index contributed by atoms with van der Waals surface area (Å²) in [4.78, 5) is 43.8. The van der Waals surface area contributed by atoms with E-state index in [0.29, 0.717) is 29.5 Å². The molecular weight excluding hydrogens is 730 g/mol. The van der Waals surface area contributed by atoms with Gasteiger partial charge in [-0.1, -0.05) is 17.7 Å². The normalized spacial score (nSPS) is 11.3. The molecule has 1 aromatic carbocycles. The van der Waals surface area contributed by atoms with Gasteiger partial charge in [0.25, 0.3) is 12.3 Å². The molecule has 0 atom stereocenters. The molecule has 22 heteroatoms. The Morgan fingerprint density at radius 1 is 1.02 bits per heavy atom. The molecule has 0 saturated heterocycles. The van der Waals surface area contributed by atoms with Crippen molar-refractivity contribution in [2.45, 2.75) is 45.6 Å². The highest BCUT2D eigenvalue weighted by Crippen LogP contribution is 2.40. The molecule has 0 aliphatic heterocycles. The number of aromatic nitrogens is 5. The number of benzene rings is 1. The summed E-state index contributed by atoms with van der Waals surface area (Å²) in [5.74, 6) is -5.18. The number of nitrogens with two attached hydrogens (primary N) is 1. The van der Waals surface area contributed by atoms with Gasteiger partial charge in [-0.05, 0) is 43.5 Å². The van der Waals surface area contributed by atoms with E-state index in [1.54, 1.807) is 38.5 Å². The van der Waals surface area contributed by atoms with E-state index in [-0.39, 0.29) is 29.3 Å². The second-order valence-electron chi connectivity index (χ2n) is 10.1. The summed E-state index contributed by atoms with van der Waals surface area (Å²) in [6, 6.07) is 5.25. The zero-order valence-electron chi connectivity index (χ0n) is 26.8. The molecule has 4 N–H and O–H groups in total. The van der Waals surface area contributed by atoms with E-state index in [1.165, 1.54) is 15.9 Å². The molecule has 0 spiro atoms. The van der Waals surface area contributed by atoms with Crippen LogP contribution in [-0.2, 0) is 22.6 Å². The topological polar surface area (TPSA) is 187 Å². The van der Waals surface area contributed by atoms with Gasteiger partial charge >= 0.3 is 24.3 Å². The van der Waals surface area contributed by atoms with Gasteiger partial charge in [-0.25, -0.2) is 33.0 Å². The minimum atomic E-state index is -5.08. The van der Waals surface area contributed by atoms with Crippen molar-refractivity contribution in [1.82, 2.24) is 29.6 Å². The number of halogens is 9. The molecule has 51 heavy (non-hydrogen) atoms. The zero-order valence-corrected chi connectivity index (χ0v) is 27.5.